The summed E-state index contributed by atoms with van der Waals surface area (Å²) in [6.07, 6.45) is -0.508. The van der Waals surface area contributed by atoms with E-state index >= 15 is 0 Å². The van der Waals surface area contributed by atoms with Gasteiger partial charge in [0.25, 0.3) is 0 Å². The van der Waals surface area contributed by atoms with Gasteiger partial charge in [-0.25, -0.2) is 0 Å². The predicted molar refractivity (Wildman–Crippen MR) is 96.8 cm³/mol. The molecule has 0 N–H and O–H groups in total. The Morgan fingerprint density at radius 1 is 1.08 bits per heavy atom. The van der Waals surface area contributed by atoms with E-state index < -0.39 is 18.9 Å². The summed E-state index contributed by atoms with van der Waals surface area (Å²) in [6.45, 7) is 0. The molecule has 2 rings (SSSR count). The second-order valence-corrected chi connectivity index (χ2v) is 7.87. The highest BCUT2D eigenvalue weighted by molar-refractivity contribution is 7.53. The lowest BCUT2D eigenvalue weighted by Crippen LogP contribution is -2.04. The number of nitro benzene ring substituents is 1. The standard InChI is InChI=1S/C15H14Cl2NO7P/c1-22-26(21,23-2)9-24-15-8-11(4-5-13(15)18(19)20)25-14-6-3-10(16)7-12(14)17/h3-8H,9H2,1-2H3. The van der Waals surface area contributed by atoms with Gasteiger partial charge in [0.15, 0.2) is 6.35 Å². The van der Waals surface area contributed by atoms with Crippen LogP contribution >= 0.6 is 30.8 Å². The van der Waals surface area contributed by atoms with E-state index in [0.29, 0.717) is 10.8 Å². The Morgan fingerprint density at radius 2 is 1.77 bits per heavy atom. The molecule has 0 atom stereocenters. The fourth-order valence-corrected chi connectivity index (χ4v) is 2.94. The fraction of sp³-hybridized carbons (Fsp3) is 0.200. The highest BCUT2D eigenvalue weighted by Crippen LogP contribution is 2.47. The fourth-order valence-electron chi connectivity index (χ4n) is 1.84. The van der Waals surface area contributed by atoms with Crippen LogP contribution in [0.3, 0.4) is 0 Å². The van der Waals surface area contributed by atoms with Crippen molar-refractivity contribution in [3.8, 4) is 17.2 Å². The topological polar surface area (TPSA) is 97.1 Å². The number of rotatable bonds is 8. The Kier molecular flexibility index (Phi) is 6.86. The molecule has 140 valence electrons. The maximum atomic E-state index is 12.1. The Bertz CT molecular complexity index is 854. The van der Waals surface area contributed by atoms with E-state index in [0.717, 1.165) is 0 Å². The van der Waals surface area contributed by atoms with Gasteiger partial charge >= 0.3 is 13.3 Å². The van der Waals surface area contributed by atoms with Crippen molar-refractivity contribution in [2.75, 3.05) is 20.6 Å². The lowest BCUT2D eigenvalue weighted by molar-refractivity contribution is -0.385. The molecule has 0 aromatic heterocycles. The first-order valence-corrected chi connectivity index (χ1v) is 9.51. The van der Waals surface area contributed by atoms with Gasteiger partial charge in [0.1, 0.15) is 11.5 Å². The molecular formula is C15H14Cl2NO7P. The first-order valence-electron chi connectivity index (χ1n) is 7.02. The zero-order valence-electron chi connectivity index (χ0n) is 13.7. The molecule has 0 aliphatic heterocycles. The molecule has 0 saturated heterocycles. The SMILES string of the molecule is COP(=O)(COc1cc(Oc2ccc(Cl)cc2Cl)ccc1[N+](=O)[O-])OC. The molecule has 2 aromatic carbocycles. The van der Waals surface area contributed by atoms with Gasteiger partial charge < -0.3 is 18.5 Å². The summed E-state index contributed by atoms with van der Waals surface area (Å²) in [7, 11) is -1.14. The Hall–Kier alpha value is -1.83. The van der Waals surface area contributed by atoms with Crippen LogP contribution in [0.4, 0.5) is 5.69 Å². The zero-order valence-corrected chi connectivity index (χ0v) is 16.1. The molecule has 0 aliphatic carbocycles. The summed E-state index contributed by atoms with van der Waals surface area (Å²) in [6, 6.07) is 8.48. The van der Waals surface area contributed by atoms with Crippen molar-refractivity contribution in [2.24, 2.45) is 0 Å². The Balaban J connectivity index is 2.29. The summed E-state index contributed by atoms with van der Waals surface area (Å²) in [5.74, 6) is 0.363. The van der Waals surface area contributed by atoms with Crippen LogP contribution in [-0.2, 0) is 13.6 Å². The third kappa shape index (κ3) is 5.09. The van der Waals surface area contributed by atoms with Crippen molar-refractivity contribution in [1.82, 2.24) is 0 Å². The van der Waals surface area contributed by atoms with Gasteiger partial charge in [-0.1, -0.05) is 23.2 Å². The van der Waals surface area contributed by atoms with Crippen molar-refractivity contribution in [2.45, 2.75) is 0 Å². The summed E-state index contributed by atoms with van der Waals surface area (Å²) in [5.41, 5.74) is -0.335. The van der Waals surface area contributed by atoms with Crippen molar-refractivity contribution in [3.63, 3.8) is 0 Å². The van der Waals surface area contributed by atoms with Gasteiger partial charge in [-0.3, -0.25) is 14.7 Å². The van der Waals surface area contributed by atoms with Crippen LogP contribution < -0.4 is 9.47 Å². The number of nitro groups is 1. The molecule has 0 radical (unpaired) electrons. The zero-order chi connectivity index (χ0) is 19.3. The van der Waals surface area contributed by atoms with Gasteiger partial charge in [-0.2, -0.15) is 0 Å². The van der Waals surface area contributed by atoms with Gasteiger partial charge in [0.05, 0.1) is 9.95 Å². The van der Waals surface area contributed by atoms with Crippen molar-refractivity contribution in [3.05, 3.63) is 56.6 Å². The van der Waals surface area contributed by atoms with Crippen LogP contribution in [0, 0.1) is 10.1 Å². The molecule has 26 heavy (non-hydrogen) atoms. The van der Waals surface area contributed by atoms with E-state index in [1.54, 1.807) is 12.1 Å². The Morgan fingerprint density at radius 3 is 2.35 bits per heavy atom. The molecule has 0 bridgehead atoms. The second kappa shape index (κ2) is 8.70. The smallest absolute Gasteiger partial charge is 0.367 e. The minimum Gasteiger partial charge on any atom is -0.474 e. The Labute approximate surface area is 159 Å². The molecule has 2 aromatic rings. The molecule has 0 amide bonds. The third-order valence-corrected chi connectivity index (χ3v) is 5.27. The van der Waals surface area contributed by atoms with E-state index in [9.17, 15) is 14.7 Å². The predicted octanol–water partition coefficient (Wildman–Crippen LogP) is 5.52. The van der Waals surface area contributed by atoms with E-state index in [1.807, 2.05) is 0 Å². The summed E-state index contributed by atoms with van der Waals surface area (Å²) < 4.78 is 32.4. The molecule has 11 heteroatoms. The number of hydrogen-bond acceptors (Lipinski definition) is 7. The lowest BCUT2D eigenvalue weighted by atomic mass is 10.2. The van der Waals surface area contributed by atoms with Gasteiger partial charge in [0.2, 0.25) is 5.75 Å². The van der Waals surface area contributed by atoms with Crippen molar-refractivity contribution < 1.29 is 28.0 Å². The molecular weight excluding hydrogens is 408 g/mol. The highest BCUT2D eigenvalue weighted by atomic mass is 35.5. The monoisotopic (exact) mass is 421 g/mol. The molecule has 0 aliphatic rings. The minimum absolute atomic E-state index is 0.160. The second-order valence-electron chi connectivity index (χ2n) is 4.81. The normalized spacial score (nSPS) is 11.2. The first kappa shape index (κ1) is 20.5. The molecule has 0 fully saturated rings. The molecule has 0 spiro atoms. The van der Waals surface area contributed by atoms with Crippen LogP contribution in [0.1, 0.15) is 0 Å². The average Bonchev–Trinajstić information content (AvgIpc) is 2.62. The summed E-state index contributed by atoms with van der Waals surface area (Å²) in [4.78, 5) is 10.5. The van der Waals surface area contributed by atoms with Crippen LogP contribution in [-0.4, -0.2) is 25.5 Å². The molecule has 0 saturated carbocycles. The maximum Gasteiger partial charge on any atom is 0.367 e. The first-order chi connectivity index (χ1) is 12.3. The largest absolute Gasteiger partial charge is 0.474 e. The molecule has 8 nitrogen and oxygen atoms in total. The van der Waals surface area contributed by atoms with E-state index in [1.165, 1.54) is 38.5 Å². The maximum absolute atomic E-state index is 12.1. The van der Waals surface area contributed by atoms with E-state index in [-0.39, 0.29) is 22.2 Å². The highest BCUT2D eigenvalue weighted by Gasteiger charge is 2.25. The lowest BCUT2D eigenvalue weighted by Gasteiger charge is -2.15. The summed E-state index contributed by atoms with van der Waals surface area (Å²) in [5, 5.41) is 11.9. The number of nitrogens with zero attached hydrogens (tertiary/aromatic N) is 1. The molecule has 0 unspecified atom stereocenters. The minimum atomic E-state index is -3.51. The quantitative estimate of drug-likeness (QED) is 0.314. The van der Waals surface area contributed by atoms with Crippen LogP contribution in [0.5, 0.6) is 17.2 Å². The van der Waals surface area contributed by atoms with Crippen LogP contribution in [0.25, 0.3) is 0 Å². The van der Waals surface area contributed by atoms with Gasteiger partial charge in [-0.05, 0) is 24.3 Å². The van der Waals surface area contributed by atoms with Crippen LogP contribution in [0.2, 0.25) is 10.0 Å². The van der Waals surface area contributed by atoms with E-state index in [2.05, 4.69) is 0 Å². The van der Waals surface area contributed by atoms with Gasteiger partial charge in [-0.15, -0.1) is 0 Å². The average molecular weight is 422 g/mol. The number of hydrogen-bond donors (Lipinski definition) is 0. The number of halogens is 2. The van der Waals surface area contributed by atoms with Gasteiger partial charge in [0, 0.05) is 31.4 Å². The van der Waals surface area contributed by atoms with E-state index in [4.69, 9.17) is 41.7 Å². The third-order valence-electron chi connectivity index (χ3n) is 3.18. The number of ether oxygens (including phenoxy) is 2. The van der Waals surface area contributed by atoms with Crippen molar-refractivity contribution in [1.29, 1.82) is 0 Å². The van der Waals surface area contributed by atoms with Crippen LogP contribution in [0.15, 0.2) is 36.4 Å². The van der Waals surface area contributed by atoms with Crippen molar-refractivity contribution >= 4 is 36.5 Å². The molecule has 0 heterocycles. The summed E-state index contributed by atoms with van der Waals surface area (Å²) >= 11 is 11.9. The number of benzene rings is 2.